The Labute approximate surface area is 111 Å². The molecule has 19 heavy (non-hydrogen) atoms. The molecule has 1 aliphatic heterocycles. The van der Waals surface area contributed by atoms with Gasteiger partial charge in [0.25, 0.3) is 0 Å². The highest BCUT2D eigenvalue weighted by atomic mass is 15.3. The summed E-state index contributed by atoms with van der Waals surface area (Å²) in [6, 6.07) is 2.37. The van der Waals surface area contributed by atoms with E-state index >= 15 is 0 Å². The van der Waals surface area contributed by atoms with Crippen LogP contribution in [0.3, 0.4) is 0 Å². The fraction of sp³-hybridized carbons (Fsp3) is 0.500. The molecule has 0 bridgehead atoms. The molecule has 2 N–H and O–H groups in total. The number of aromatic nitrogens is 5. The molecule has 0 unspecified atom stereocenters. The SMILES string of the molecule is Cc1cc(N2CCC[C@H]2Cn2cncn2)nc(N)n1. The third-order valence-corrected chi connectivity index (χ3v) is 3.39. The summed E-state index contributed by atoms with van der Waals surface area (Å²) in [5, 5.41) is 4.16. The van der Waals surface area contributed by atoms with Gasteiger partial charge in [0, 0.05) is 18.3 Å². The topological polar surface area (TPSA) is 85.8 Å². The zero-order valence-electron chi connectivity index (χ0n) is 10.9. The Morgan fingerprint density at radius 3 is 3.05 bits per heavy atom. The average Bonchev–Trinajstić information content (AvgIpc) is 2.99. The predicted molar refractivity (Wildman–Crippen MR) is 71.6 cm³/mol. The van der Waals surface area contributed by atoms with Gasteiger partial charge in [-0.2, -0.15) is 10.1 Å². The van der Waals surface area contributed by atoms with Crippen molar-refractivity contribution in [1.82, 2.24) is 24.7 Å². The molecule has 1 atom stereocenters. The minimum Gasteiger partial charge on any atom is -0.368 e. The number of anilines is 2. The summed E-state index contributed by atoms with van der Waals surface area (Å²) in [6.07, 6.45) is 5.59. The number of nitrogens with two attached hydrogens (primary N) is 1. The maximum atomic E-state index is 5.73. The fourth-order valence-corrected chi connectivity index (χ4v) is 2.59. The van der Waals surface area contributed by atoms with E-state index in [-0.39, 0.29) is 0 Å². The van der Waals surface area contributed by atoms with E-state index in [1.807, 2.05) is 17.7 Å². The molecular weight excluding hydrogens is 242 g/mol. The van der Waals surface area contributed by atoms with Crippen LogP contribution in [0.4, 0.5) is 11.8 Å². The molecule has 0 saturated carbocycles. The van der Waals surface area contributed by atoms with Gasteiger partial charge in [-0.3, -0.25) is 4.68 Å². The molecular formula is C12H17N7. The summed E-state index contributed by atoms with van der Waals surface area (Å²) in [7, 11) is 0. The van der Waals surface area contributed by atoms with E-state index in [1.165, 1.54) is 0 Å². The van der Waals surface area contributed by atoms with Gasteiger partial charge in [0.05, 0.1) is 12.6 Å². The second kappa shape index (κ2) is 4.83. The van der Waals surface area contributed by atoms with Crippen molar-refractivity contribution < 1.29 is 0 Å². The van der Waals surface area contributed by atoms with E-state index < -0.39 is 0 Å². The van der Waals surface area contributed by atoms with Crippen molar-refractivity contribution in [2.45, 2.75) is 32.4 Å². The molecule has 2 aromatic heterocycles. The van der Waals surface area contributed by atoms with Crippen molar-refractivity contribution in [1.29, 1.82) is 0 Å². The van der Waals surface area contributed by atoms with Crippen molar-refractivity contribution in [3.8, 4) is 0 Å². The lowest BCUT2D eigenvalue weighted by Gasteiger charge is -2.25. The van der Waals surface area contributed by atoms with Crippen molar-refractivity contribution in [2.75, 3.05) is 17.2 Å². The van der Waals surface area contributed by atoms with Gasteiger partial charge in [0.2, 0.25) is 5.95 Å². The van der Waals surface area contributed by atoms with Crippen LogP contribution in [0.1, 0.15) is 18.5 Å². The first-order valence-electron chi connectivity index (χ1n) is 6.42. The lowest BCUT2D eigenvalue weighted by molar-refractivity contribution is 0.506. The minimum absolute atomic E-state index is 0.335. The Hall–Kier alpha value is -2.18. The Balaban J connectivity index is 1.82. The van der Waals surface area contributed by atoms with Crippen molar-refractivity contribution >= 4 is 11.8 Å². The second-order valence-electron chi connectivity index (χ2n) is 4.83. The Morgan fingerprint density at radius 2 is 2.32 bits per heavy atom. The molecule has 3 heterocycles. The number of rotatable bonds is 3. The fourth-order valence-electron chi connectivity index (χ4n) is 2.59. The van der Waals surface area contributed by atoms with Gasteiger partial charge in [-0.1, -0.05) is 0 Å². The van der Waals surface area contributed by atoms with Crippen LogP contribution in [0.15, 0.2) is 18.7 Å². The van der Waals surface area contributed by atoms with Crippen molar-refractivity contribution in [3.63, 3.8) is 0 Å². The maximum Gasteiger partial charge on any atom is 0.222 e. The lowest BCUT2D eigenvalue weighted by atomic mass is 10.2. The van der Waals surface area contributed by atoms with Crippen LogP contribution < -0.4 is 10.6 Å². The molecule has 3 rings (SSSR count). The van der Waals surface area contributed by atoms with Gasteiger partial charge in [0.15, 0.2) is 0 Å². The van der Waals surface area contributed by atoms with E-state index in [2.05, 4.69) is 25.0 Å². The standard InChI is InChI=1S/C12H17N7/c1-9-5-11(17-12(13)16-9)19-4-2-3-10(19)6-18-8-14-7-15-18/h5,7-8,10H,2-4,6H2,1H3,(H2,13,16,17)/t10-/m0/s1. The first-order chi connectivity index (χ1) is 9.22. The zero-order valence-corrected chi connectivity index (χ0v) is 10.9. The molecule has 0 aromatic carbocycles. The Morgan fingerprint density at radius 1 is 1.42 bits per heavy atom. The van der Waals surface area contributed by atoms with Crippen LogP contribution >= 0.6 is 0 Å². The van der Waals surface area contributed by atoms with Gasteiger partial charge in [-0.25, -0.2) is 9.97 Å². The number of aryl methyl sites for hydroxylation is 1. The molecule has 0 aliphatic carbocycles. The Bertz CT molecular complexity index is 531. The highest BCUT2D eigenvalue weighted by molar-refractivity contribution is 5.45. The smallest absolute Gasteiger partial charge is 0.222 e. The van der Waals surface area contributed by atoms with Crippen molar-refractivity contribution in [3.05, 3.63) is 24.4 Å². The molecule has 2 aromatic rings. The van der Waals surface area contributed by atoms with Gasteiger partial charge in [-0.05, 0) is 19.8 Å². The van der Waals surface area contributed by atoms with Gasteiger partial charge >= 0.3 is 0 Å². The highest BCUT2D eigenvalue weighted by Gasteiger charge is 2.26. The second-order valence-corrected chi connectivity index (χ2v) is 4.83. The van der Waals surface area contributed by atoms with Crippen LogP contribution in [-0.2, 0) is 6.54 Å². The van der Waals surface area contributed by atoms with Crippen LogP contribution in [0.5, 0.6) is 0 Å². The number of hydrogen-bond donors (Lipinski definition) is 1. The van der Waals surface area contributed by atoms with E-state index in [0.29, 0.717) is 12.0 Å². The normalized spacial score (nSPS) is 19.0. The molecule has 1 saturated heterocycles. The molecule has 7 heteroatoms. The first kappa shape index (κ1) is 11.9. The summed E-state index contributed by atoms with van der Waals surface area (Å²) >= 11 is 0. The number of nitrogen functional groups attached to an aromatic ring is 1. The summed E-state index contributed by atoms with van der Waals surface area (Å²) in [5.41, 5.74) is 6.63. The summed E-state index contributed by atoms with van der Waals surface area (Å²) in [5.74, 6) is 1.24. The zero-order chi connectivity index (χ0) is 13.2. The van der Waals surface area contributed by atoms with E-state index in [0.717, 1.165) is 37.4 Å². The predicted octanol–water partition coefficient (Wildman–Crippen LogP) is 0.628. The third-order valence-electron chi connectivity index (χ3n) is 3.39. The Kier molecular flexibility index (Phi) is 3.02. The quantitative estimate of drug-likeness (QED) is 0.870. The molecule has 1 aliphatic rings. The largest absolute Gasteiger partial charge is 0.368 e. The molecule has 0 amide bonds. The number of nitrogens with zero attached hydrogens (tertiary/aromatic N) is 6. The molecule has 100 valence electrons. The molecule has 7 nitrogen and oxygen atoms in total. The number of hydrogen-bond acceptors (Lipinski definition) is 6. The van der Waals surface area contributed by atoms with Crippen LogP contribution in [0.2, 0.25) is 0 Å². The van der Waals surface area contributed by atoms with E-state index in [1.54, 1.807) is 12.7 Å². The van der Waals surface area contributed by atoms with Crippen LogP contribution in [-0.4, -0.2) is 37.3 Å². The van der Waals surface area contributed by atoms with Gasteiger partial charge < -0.3 is 10.6 Å². The highest BCUT2D eigenvalue weighted by Crippen LogP contribution is 2.25. The summed E-state index contributed by atoms with van der Waals surface area (Å²) in [6.45, 7) is 3.75. The van der Waals surface area contributed by atoms with Gasteiger partial charge in [-0.15, -0.1) is 0 Å². The molecule has 0 spiro atoms. The van der Waals surface area contributed by atoms with Gasteiger partial charge in [0.1, 0.15) is 18.5 Å². The summed E-state index contributed by atoms with van der Waals surface area (Å²) in [4.78, 5) is 14.7. The first-order valence-corrected chi connectivity index (χ1v) is 6.42. The summed E-state index contributed by atoms with van der Waals surface area (Å²) < 4.78 is 1.86. The minimum atomic E-state index is 0.335. The third kappa shape index (κ3) is 2.49. The average molecular weight is 259 g/mol. The lowest BCUT2D eigenvalue weighted by Crippen LogP contribution is -2.34. The van der Waals surface area contributed by atoms with Crippen LogP contribution in [0, 0.1) is 6.92 Å². The monoisotopic (exact) mass is 259 g/mol. The maximum absolute atomic E-state index is 5.73. The molecule has 1 fully saturated rings. The van der Waals surface area contributed by atoms with E-state index in [9.17, 15) is 0 Å². The van der Waals surface area contributed by atoms with E-state index in [4.69, 9.17) is 5.73 Å². The van der Waals surface area contributed by atoms with Crippen molar-refractivity contribution in [2.24, 2.45) is 0 Å². The molecule has 0 radical (unpaired) electrons. The van der Waals surface area contributed by atoms with Crippen LogP contribution in [0.25, 0.3) is 0 Å².